The normalized spacial score (nSPS) is 38.9. The fourth-order valence-corrected chi connectivity index (χ4v) is 9.97. The highest BCUT2D eigenvalue weighted by molar-refractivity contribution is 6.09. The van der Waals surface area contributed by atoms with E-state index in [1.807, 2.05) is 0 Å². The molecule has 1 nitrogen and oxygen atoms in total. The van der Waals surface area contributed by atoms with Crippen molar-refractivity contribution in [2.24, 2.45) is 29.1 Å². The molecule has 0 aliphatic heterocycles. The molecule has 5 aliphatic carbocycles. The molecule has 4 unspecified atom stereocenters. The number of aromatic amines is 1. The lowest BCUT2D eigenvalue weighted by atomic mass is 9.38. The van der Waals surface area contributed by atoms with Crippen LogP contribution in [0.2, 0.25) is 0 Å². The third-order valence-electron chi connectivity index (χ3n) is 10.4. The molecule has 1 heteroatoms. The summed E-state index contributed by atoms with van der Waals surface area (Å²) in [5, 5.41) is 2.75. The molecule has 4 aromatic rings. The van der Waals surface area contributed by atoms with Gasteiger partial charge in [0.2, 0.25) is 0 Å². The number of para-hydroxylation sites is 1. The smallest absolute Gasteiger partial charge is 0.0468 e. The molecule has 5 aliphatic rings. The Labute approximate surface area is 176 Å². The Hall–Kier alpha value is -2.54. The first-order valence-corrected chi connectivity index (χ1v) is 11.9. The highest BCUT2D eigenvalue weighted by Gasteiger charge is 2.79. The summed E-state index contributed by atoms with van der Waals surface area (Å²) in [7, 11) is 0. The number of aromatic nitrogens is 1. The molecule has 0 radical (unpaired) electrons. The van der Waals surface area contributed by atoms with Gasteiger partial charge in [-0.15, -0.1) is 0 Å². The summed E-state index contributed by atoms with van der Waals surface area (Å²) in [5.41, 5.74) is 9.97. The highest BCUT2D eigenvalue weighted by atomic mass is 14.8. The first kappa shape index (κ1) is 15.3. The van der Waals surface area contributed by atoms with E-state index in [1.165, 1.54) is 65.0 Å². The van der Waals surface area contributed by atoms with Gasteiger partial charge >= 0.3 is 0 Å². The van der Waals surface area contributed by atoms with Gasteiger partial charge in [-0.1, -0.05) is 42.5 Å². The van der Waals surface area contributed by atoms with Crippen LogP contribution in [0, 0.1) is 29.1 Å². The van der Waals surface area contributed by atoms with E-state index in [4.69, 9.17) is 0 Å². The number of hydrogen-bond acceptors (Lipinski definition) is 0. The minimum atomic E-state index is 0.293. The molecule has 4 fully saturated rings. The van der Waals surface area contributed by atoms with Gasteiger partial charge in [0.1, 0.15) is 0 Å². The minimum Gasteiger partial charge on any atom is -0.355 e. The molecule has 0 saturated heterocycles. The topological polar surface area (TPSA) is 15.8 Å². The Bertz CT molecular complexity index is 1400. The summed E-state index contributed by atoms with van der Waals surface area (Å²) in [6, 6.07) is 23.4. The molecule has 1 aromatic heterocycles. The molecule has 2 spiro atoms. The van der Waals surface area contributed by atoms with Crippen LogP contribution in [0.3, 0.4) is 0 Å². The van der Waals surface area contributed by atoms with Crippen molar-refractivity contribution in [3.05, 3.63) is 71.8 Å². The number of H-pyrrole nitrogens is 1. The standard InChI is InChI=1S/C29H25N/c1-3-7-22-18(5-1)20-12-21-19-6-2-4-8-24(19)30-25(21)13-23(20)29(22)26-10-16-9-17-11-27(29)28(26,14-16)15-17/h1-8,12-13,16-17,26-27,30H,9-11,14-15H2. The van der Waals surface area contributed by atoms with Gasteiger partial charge in [-0.25, -0.2) is 0 Å². The van der Waals surface area contributed by atoms with Crippen LogP contribution < -0.4 is 0 Å². The van der Waals surface area contributed by atoms with Gasteiger partial charge in [0, 0.05) is 27.2 Å². The molecule has 3 bridgehead atoms. The number of rotatable bonds is 0. The van der Waals surface area contributed by atoms with E-state index >= 15 is 0 Å². The van der Waals surface area contributed by atoms with Crippen molar-refractivity contribution in [3.8, 4) is 11.1 Å². The van der Waals surface area contributed by atoms with Crippen LogP contribution in [-0.4, -0.2) is 4.98 Å². The third-order valence-corrected chi connectivity index (χ3v) is 10.4. The summed E-state index contributed by atoms with van der Waals surface area (Å²) in [4.78, 5) is 3.76. The van der Waals surface area contributed by atoms with E-state index in [9.17, 15) is 0 Å². The quantitative estimate of drug-likeness (QED) is 0.333. The lowest BCUT2D eigenvalue weighted by molar-refractivity contribution is -0.0819. The van der Waals surface area contributed by atoms with Crippen molar-refractivity contribution in [1.29, 1.82) is 0 Å². The second-order valence-electron chi connectivity index (χ2n) is 11.2. The largest absolute Gasteiger partial charge is 0.355 e. The zero-order valence-electron chi connectivity index (χ0n) is 17.1. The maximum absolute atomic E-state index is 3.76. The molecular formula is C29H25N. The van der Waals surface area contributed by atoms with Crippen LogP contribution in [-0.2, 0) is 5.41 Å². The van der Waals surface area contributed by atoms with E-state index in [-0.39, 0.29) is 0 Å². The van der Waals surface area contributed by atoms with Crippen molar-refractivity contribution < 1.29 is 0 Å². The monoisotopic (exact) mass is 387 g/mol. The molecule has 4 atom stereocenters. The predicted octanol–water partition coefficient (Wildman–Crippen LogP) is 7.04. The zero-order valence-corrected chi connectivity index (χ0v) is 17.1. The van der Waals surface area contributed by atoms with Gasteiger partial charge in [-0.2, -0.15) is 0 Å². The fourth-order valence-electron chi connectivity index (χ4n) is 9.97. The summed E-state index contributed by atoms with van der Waals surface area (Å²) in [5.74, 6) is 3.76. The SMILES string of the molecule is c1ccc2c(c1)-c1cc3c(cc1C21C2CC4CC5CC1C2(C4)C5)[nH]c1ccccc13. The second-order valence-corrected chi connectivity index (χ2v) is 11.2. The number of benzene rings is 3. The predicted molar refractivity (Wildman–Crippen MR) is 121 cm³/mol. The van der Waals surface area contributed by atoms with Gasteiger partial charge in [0.15, 0.2) is 0 Å². The second kappa shape index (κ2) is 4.54. The minimum absolute atomic E-state index is 0.293. The molecule has 146 valence electrons. The van der Waals surface area contributed by atoms with Gasteiger partial charge in [-0.3, -0.25) is 0 Å². The van der Waals surface area contributed by atoms with Crippen LogP contribution in [0.15, 0.2) is 60.7 Å². The number of hydrogen-bond donors (Lipinski definition) is 1. The summed E-state index contributed by atoms with van der Waals surface area (Å²) >= 11 is 0. The highest BCUT2D eigenvalue weighted by Crippen LogP contribution is 2.85. The molecule has 1 heterocycles. The first-order chi connectivity index (χ1) is 14.8. The average Bonchev–Trinajstić information content (AvgIpc) is 3.42. The maximum atomic E-state index is 3.76. The van der Waals surface area contributed by atoms with Crippen molar-refractivity contribution in [2.45, 2.75) is 37.5 Å². The molecular weight excluding hydrogens is 362 g/mol. The number of nitrogens with one attached hydrogen (secondary N) is 1. The lowest BCUT2D eigenvalue weighted by Gasteiger charge is -2.64. The van der Waals surface area contributed by atoms with Crippen molar-refractivity contribution in [2.75, 3.05) is 0 Å². The van der Waals surface area contributed by atoms with Gasteiger partial charge in [0.25, 0.3) is 0 Å². The fraction of sp³-hybridized carbons (Fsp3) is 0.379. The van der Waals surface area contributed by atoms with E-state index in [0.717, 1.165) is 23.7 Å². The van der Waals surface area contributed by atoms with Gasteiger partial charge in [-0.05, 0) is 102 Å². The molecule has 1 N–H and O–H groups in total. The summed E-state index contributed by atoms with van der Waals surface area (Å²) in [6.45, 7) is 0. The van der Waals surface area contributed by atoms with Gasteiger partial charge < -0.3 is 4.98 Å². The Balaban J connectivity index is 1.40. The van der Waals surface area contributed by atoms with Crippen molar-refractivity contribution in [3.63, 3.8) is 0 Å². The van der Waals surface area contributed by atoms with Crippen LogP contribution in [0.1, 0.15) is 43.2 Å². The molecule has 0 amide bonds. The molecule has 4 saturated carbocycles. The summed E-state index contributed by atoms with van der Waals surface area (Å²) in [6.07, 6.45) is 7.55. The van der Waals surface area contributed by atoms with Crippen LogP contribution >= 0.6 is 0 Å². The summed E-state index contributed by atoms with van der Waals surface area (Å²) < 4.78 is 0. The van der Waals surface area contributed by atoms with Crippen molar-refractivity contribution in [1.82, 2.24) is 4.98 Å². The lowest BCUT2D eigenvalue weighted by Crippen LogP contribution is -2.62. The van der Waals surface area contributed by atoms with E-state index in [0.29, 0.717) is 10.8 Å². The van der Waals surface area contributed by atoms with Crippen LogP contribution in [0.4, 0.5) is 0 Å². The molecule has 30 heavy (non-hydrogen) atoms. The third kappa shape index (κ3) is 1.37. The first-order valence-electron chi connectivity index (χ1n) is 11.9. The zero-order chi connectivity index (χ0) is 19.2. The van der Waals surface area contributed by atoms with E-state index < -0.39 is 0 Å². The van der Waals surface area contributed by atoms with E-state index in [1.54, 1.807) is 11.1 Å². The van der Waals surface area contributed by atoms with Crippen LogP contribution in [0.5, 0.6) is 0 Å². The van der Waals surface area contributed by atoms with Crippen LogP contribution in [0.25, 0.3) is 32.9 Å². The van der Waals surface area contributed by atoms with Gasteiger partial charge in [0.05, 0.1) is 0 Å². The Morgan fingerprint density at radius 3 is 2.30 bits per heavy atom. The Morgan fingerprint density at radius 2 is 1.43 bits per heavy atom. The van der Waals surface area contributed by atoms with Crippen molar-refractivity contribution >= 4 is 21.8 Å². The Morgan fingerprint density at radius 1 is 0.667 bits per heavy atom. The Kier molecular flexibility index (Phi) is 2.31. The number of fused-ring (bicyclic) bond motifs is 12. The van der Waals surface area contributed by atoms with E-state index in [2.05, 4.69) is 65.6 Å². The molecule has 3 aromatic carbocycles. The molecule has 9 rings (SSSR count). The maximum Gasteiger partial charge on any atom is 0.0468 e. The average molecular weight is 388 g/mol.